The molecule has 0 N–H and O–H groups in total. The number of nitrogens with zero attached hydrogens (tertiary/aromatic N) is 2. The van der Waals surface area contributed by atoms with Gasteiger partial charge in [-0.2, -0.15) is 0 Å². The number of benzene rings is 9. The van der Waals surface area contributed by atoms with Gasteiger partial charge in [0.2, 0.25) is 5.89 Å². The van der Waals surface area contributed by atoms with Crippen molar-refractivity contribution < 1.29 is 8.83 Å². The van der Waals surface area contributed by atoms with Crippen LogP contribution in [-0.4, -0.2) is 4.98 Å². The molecule has 0 radical (unpaired) electrons. The average Bonchev–Trinajstić information content (AvgIpc) is 3.89. The van der Waals surface area contributed by atoms with Crippen molar-refractivity contribution in [2.75, 3.05) is 4.90 Å². The van der Waals surface area contributed by atoms with Crippen molar-refractivity contribution in [1.29, 1.82) is 0 Å². The number of furan rings is 1. The number of hydrogen-bond donors (Lipinski definition) is 0. The summed E-state index contributed by atoms with van der Waals surface area (Å²) in [5.74, 6) is 0.555. The largest absolute Gasteiger partial charge is 0.454 e. The van der Waals surface area contributed by atoms with Gasteiger partial charge in [-0.25, -0.2) is 4.98 Å². The van der Waals surface area contributed by atoms with E-state index in [0.29, 0.717) is 11.5 Å². The van der Waals surface area contributed by atoms with Gasteiger partial charge in [0.1, 0.15) is 16.8 Å². The van der Waals surface area contributed by atoms with Crippen molar-refractivity contribution in [2.45, 2.75) is 0 Å². The molecule has 0 amide bonds. The molecule has 11 rings (SSSR count). The minimum Gasteiger partial charge on any atom is -0.454 e. The fourth-order valence-corrected chi connectivity index (χ4v) is 8.11. The molecule has 2 heterocycles. The molecule has 4 nitrogen and oxygen atoms in total. The molecule has 4 heteroatoms. The molecule has 0 saturated carbocycles. The van der Waals surface area contributed by atoms with Crippen LogP contribution in [0.5, 0.6) is 0 Å². The van der Waals surface area contributed by atoms with Gasteiger partial charge in [-0.1, -0.05) is 152 Å². The predicted octanol–water partition coefficient (Wildman–Crippen LogP) is 15.0. The molecular formula is C53H34N2O2. The van der Waals surface area contributed by atoms with Gasteiger partial charge in [-0.15, -0.1) is 0 Å². The van der Waals surface area contributed by atoms with Crippen LogP contribution in [0, 0.1) is 0 Å². The van der Waals surface area contributed by atoms with E-state index in [1.807, 2.05) is 48.5 Å². The van der Waals surface area contributed by atoms with Gasteiger partial charge in [0.25, 0.3) is 0 Å². The maximum absolute atomic E-state index is 6.85. The van der Waals surface area contributed by atoms with Crippen LogP contribution in [0.1, 0.15) is 0 Å². The smallest absolute Gasteiger partial charge is 0.227 e. The number of para-hydroxylation sites is 1. The lowest BCUT2D eigenvalue weighted by Crippen LogP contribution is -2.11. The molecule has 0 aliphatic rings. The highest BCUT2D eigenvalue weighted by molar-refractivity contribution is 6.17. The molecule has 0 fully saturated rings. The first-order valence-electron chi connectivity index (χ1n) is 19.2. The molecule has 268 valence electrons. The first-order valence-corrected chi connectivity index (χ1v) is 19.2. The van der Waals surface area contributed by atoms with Crippen molar-refractivity contribution in [3.8, 4) is 44.8 Å². The molecule has 0 saturated heterocycles. The minimum absolute atomic E-state index is 0.555. The molecule has 0 spiro atoms. The normalized spacial score (nSPS) is 11.5. The van der Waals surface area contributed by atoms with Gasteiger partial charge in [-0.05, 0) is 98.8 Å². The van der Waals surface area contributed by atoms with Crippen LogP contribution in [-0.2, 0) is 0 Å². The monoisotopic (exact) mass is 730 g/mol. The molecule has 0 bridgehead atoms. The summed E-state index contributed by atoms with van der Waals surface area (Å²) >= 11 is 0. The summed E-state index contributed by atoms with van der Waals surface area (Å²) in [4.78, 5) is 7.40. The third kappa shape index (κ3) is 5.74. The van der Waals surface area contributed by atoms with Crippen molar-refractivity contribution in [3.63, 3.8) is 0 Å². The number of aromatic nitrogens is 1. The molecule has 0 aliphatic heterocycles. The fourth-order valence-electron chi connectivity index (χ4n) is 8.11. The van der Waals surface area contributed by atoms with Crippen LogP contribution in [0.4, 0.5) is 17.1 Å². The zero-order valence-electron chi connectivity index (χ0n) is 30.8. The predicted molar refractivity (Wildman–Crippen MR) is 235 cm³/mol. The Hall–Kier alpha value is -7.69. The van der Waals surface area contributed by atoms with Crippen LogP contribution >= 0.6 is 0 Å². The highest BCUT2D eigenvalue weighted by Gasteiger charge is 2.27. The molecule has 57 heavy (non-hydrogen) atoms. The van der Waals surface area contributed by atoms with E-state index in [0.717, 1.165) is 83.5 Å². The molecule has 0 atom stereocenters. The maximum Gasteiger partial charge on any atom is 0.227 e. The van der Waals surface area contributed by atoms with E-state index in [2.05, 4.69) is 163 Å². The summed E-state index contributed by atoms with van der Waals surface area (Å²) in [5, 5.41) is 4.40. The average molecular weight is 731 g/mol. The number of hydrogen-bond acceptors (Lipinski definition) is 4. The van der Waals surface area contributed by atoms with E-state index >= 15 is 0 Å². The molecule has 11 aromatic rings. The zero-order valence-corrected chi connectivity index (χ0v) is 30.8. The lowest BCUT2D eigenvalue weighted by molar-refractivity contribution is 0.618. The van der Waals surface area contributed by atoms with Gasteiger partial charge in [-0.3, -0.25) is 0 Å². The third-order valence-corrected chi connectivity index (χ3v) is 10.9. The van der Waals surface area contributed by atoms with Crippen LogP contribution < -0.4 is 4.90 Å². The SMILES string of the molecule is c1ccc(-c2ccc(N(c3ccc(-c4ccccc4)c(-c4ccc5ccccc5c4)c3)c3c4oc(-c5ccccc5)nc4cc4c3oc3ccccc34)cc2)cc1. The van der Waals surface area contributed by atoms with Gasteiger partial charge in [0.15, 0.2) is 11.2 Å². The van der Waals surface area contributed by atoms with E-state index in [1.165, 1.54) is 10.8 Å². The van der Waals surface area contributed by atoms with E-state index in [9.17, 15) is 0 Å². The Bertz CT molecular complexity index is 3220. The summed E-state index contributed by atoms with van der Waals surface area (Å²) < 4.78 is 13.7. The second-order valence-electron chi connectivity index (χ2n) is 14.3. The lowest BCUT2D eigenvalue weighted by atomic mass is 9.92. The Morgan fingerprint density at radius 2 is 0.982 bits per heavy atom. The van der Waals surface area contributed by atoms with Gasteiger partial charge < -0.3 is 13.7 Å². The Morgan fingerprint density at radius 3 is 1.75 bits per heavy atom. The van der Waals surface area contributed by atoms with E-state index < -0.39 is 0 Å². The lowest BCUT2D eigenvalue weighted by Gasteiger charge is -2.27. The summed E-state index contributed by atoms with van der Waals surface area (Å²) in [6, 6.07) is 72.2. The standard InChI is InChI=1S/C53H34N2O2/c1-4-14-35(15-5-1)37-26-28-42(29-27-37)55(43-30-31-44(38-17-6-2-7-18-38)46(33-43)41-25-24-36-16-10-11-21-40(36)32-41)50-51-47(45-22-12-13-23-49(45)56-51)34-48-52(50)57-53(54-48)39-19-8-3-9-20-39/h1-34H. The highest BCUT2D eigenvalue weighted by Crippen LogP contribution is 2.49. The van der Waals surface area contributed by atoms with Crippen LogP contribution in [0.15, 0.2) is 215 Å². The van der Waals surface area contributed by atoms with Gasteiger partial charge in [0, 0.05) is 27.7 Å². The van der Waals surface area contributed by atoms with Crippen molar-refractivity contribution in [1.82, 2.24) is 4.98 Å². The number of rotatable bonds is 7. The maximum atomic E-state index is 6.85. The number of anilines is 3. The quantitative estimate of drug-likeness (QED) is 0.164. The third-order valence-electron chi connectivity index (χ3n) is 10.9. The second kappa shape index (κ2) is 13.6. The zero-order chi connectivity index (χ0) is 37.7. The molecule has 2 aromatic heterocycles. The topological polar surface area (TPSA) is 42.4 Å². The number of fused-ring (bicyclic) bond motifs is 5. The molecular weight excluding hydrogens is 697 g/mol. The highest BCUT2D eigenvalue weighted by atomic mass is 16.4. The molecule has 0 aliphatic carbocycles. The Balaban J connectivity index is 1.21. The van der Waals surface area contributed by atoms with E-state index in [4.69, 9.17) is 13.8 Å². The van der Waals surface area contributed by atoms with E-state index in [1.54, 1.807) is 0 Å². The first kappa shape index (κ1) is 32.7. The Kier molecular flexibility index (Phi) is 7.78. The summed E-state index contributed by atoms with van der Waals surface area (Å²) in [5.41, 5.74) is 13.4. The summed E-state index contributed by atoms with van der Waals surface area (Å²) in [6.45, 7) is 0. The molecule has 0 unspecified atom stereocenters. The number of oxazole rings is 1. The van der Waals surface area contributed by atoms with Crippen molar-refractivity contribution in [2.24, 2.45) is 0 Å². The summed E-state index contributed by atoms with van der Waals surface area (Å²) in [6.07, 6.45) is 0. The van der Waals surface area contributed by atoms with Crippen molar-refractivity contribution >= 4 is 60.9 Å². The van der Waals surface area contributed by atoms with Crippen LogP contribution in [0.3, 0.4) is 0 Å². The second-order valence-corrected chi connectivity index (χ2v) is 14.3. The fraction of sp³-hybridized carbons (Fsp3) is 0. The first-order chi connectivity index (χ1) is 28.2. The van der Waals surface area contributed by atoms with Crippen LogP contribution in [0.2, 0.25) is 0 Å². The summed E-state index contributed by atoms with van der Waals surface area (Å²) in [7, 11) is 0. The minimum atomic E-state index is 0.555. The Labute approximate surface area is 329 Å². The van der Waals surface area contributed by atoms with Gasteiger partial charge in [0.05, 0.1) is 0 Å². The Morgan fingerprint density at radius 1 is 0.368 bits per heavy atom. The van der Waals surface area contributed by atoms with Gasteiger partial charge >= 0.3 is 0 Å². The van der Waals surface area contributed by atoms with E-state index in [-0.39, 0.29) is 0 Å². The molecule has 9 aromatic carbocycles. The van der Waals surface area contributed by atoms with Crippen LogP contribution in [0.25, 0.3) is 88.6 Å². The van der Waals surface area contributed by atoms with Crippen molar-refractivity contribution in [3.05, 3.63) is 206 Å².